The summed E-state index contributed by atoms with van der Waals surface area (Å²) in [6, 6.07) is 0. The highest BCUT2D eigenvalue weighted by molar-refractivity contribution is 5.86. The largest absolute Gasteiger partial charge is 0.460 e. The van der Waals surface area contributed by atoms with E-state index in [1.165, 1.54) is 64.7 Å². The maximum absolute atomic E-state index is 12.5. The zero-order chi connectivity index (χ0) is 26.9. The summed E-state index contributed by atoms with van der Waals surface area (Å²) in [6.07, 6.45) is 20.0. The van der Waals surface area contributed by atoms with E-state index in [4.69, 9.17) is 9.47 Å². The number of hydrogen-bond acceptors (Lipinski definition) is 6. The molecule has 0 aromatic rings. The van der Waals surface area contributed by atoms with Crippen molar-refractivity contribution in [3.8, 4) is 0 Å². The van der Waals surface area contributed by atoms with Crippen LogP contribution in [0.15, 0.2) is 24.3 Å². The van der Waals surface area contributed by atoms with Gasteiger partial charge in [-0.1, -0.05) is 77.0 Å². The lowest BCUT2D eigenvalue weighted by atomic mass is 10.1. The van der Waals surface area contributed by atoms with E-state index in [2.05, 4.69) is 25.7 Å². The number of carbonyl (C=O) groups excluding carboxylic acids is 2. The Balaban J connectivity index is 3.77. The zero-order valence-corrected chi connectivity index (χ0v) is 23.1. The van der Waals surface area contributed by atoms with Crippen molar-refractivity contribution < 1.29 is 29.3 Å². The average molecular weight is 512 g/mol. The average Bonchev–Trinajstić information content (AvgIpc) is 2.86. The van der Waals surface area contributed by atoms with E-state index in [9.17, 15) is 19.8 Å². The SMILES string of the molecule is C=C(C)C(=O)OCC(O)COCCN(CCO)C(=O)CCCCCCC/C=C\CCCCCCCC. The fourth-order valence-corrected chi connectivity index (χ4v) is 3.72. The van der Waals surface area contributed by atoms with Crippen molar-refractivity contribution in [2.24, 2.45) is 0 Å². The number of aliphatic hydroxyl groups excluding tert-OH is 2. The molecule has 0 spiro atoms. The Kier molecular flexibility index (Phi) is 23.8. The van der Waals surface area contributed by atoms with Gasteiger partial charge in [0.15, 0.2) is 0 Å². The van der Waals surface area contributed by atoms with Crippen LogP contribution in [0.1, 0.15) is 104 Å². The summed E-state index contributed by atoms with van der Waals surface area (Å²) >= 11 is 0. The van der Waals surface area contributed by atoms with Crippen molar-refractivity contribution in [1.29, 1.82) is 0 Å². The van der Waals surface area contributed by atoms with Gasteiger partial charge in [0, 0.05) is 25.1 Å². The summed E-state index contributed by atoms with van der Waals surface area (Å²) in [7, 11) is 0. The Bertz CT molecular complexity index is 592. The molecule has 0 aliphatic carbocycles. The van der Waals surface area contributed by atoms with Crippen LogP contribution in [-0.2, 0) is 19.1 Å². The molecule has 210 valence electrons. The number of hydrogen-bond donors (Lipinski definition) is 2. The molecular weight excluding hydrogens is 458 g/mol. The fraction of sp³-hybridized carbons (Fsp3) is 0.793. The first-order valence-corrected chi connectivity index (χ1v) is 14.0. The van der Waals surface area contributed by atoms with Crippen LogP contribution < -0.4 is 0 Å². The molecule has 1 amide bonds. The van der Waals surface area contributed by atoms with E-state index in [1.807, 2.05) is 0 Å². The van der Waals surface area contributed by atoms with Gasteiger partial charge >= 0.3 is 5.97 Å². The highest BCUT2D eigenvalue weighted by Gasteiger charge is 2.14. The first-order valence-electron chi connectivity index (χ1n) is 14.0. The monoisotopic (exact) mass is 511 g/mol. The smallest absolute Gasteiger partial charge is 0.333 e. The van der Waals surface area contributed by atoms with Gasteiger partial charge in [-0.25, -0.2) is 4.79 Å². The van der Waals surface area contributed by atoms with Crippen LogP contribution in [0.3, 0.4) is 0 Å². The molecule has 0 aliphatic heterocycles. The normalized spacial score (nSPS) is 12.1. The molecule has 0 radical (unpaired) electrons. The topological polar surface area (TPSA) is 96.3 Å². The third-order valence-corrected chi connectivity index (χ3v) is 5.95. The Morgan fingerprint density at radius 2 is 1.47 bits per heavy atom. The number of nitrogens with zero attached hydrogens (tertiary/aromatic N) is 1. The molecule has 0 bridgehead atoms. The molecule has 0 rings (SSSR count). The number of allylic oxidation sites excluding steroid dienone is 2. The number of aliphatic hydroxyl groups is 2. The predicted octanol–water partition coefficient (Wildman–Crippen LogP) is 5.34. The molecule has 36 heavy (non-hydrogen) atoms. The molecule has 0 aliphatic rings. The maximum Gasteiger partial charge on any atom is 0.333 e. The molecule has 0 saturated carbocycles. The summed E-state index contributed by atoms with van der Waals surface area (Å²) in [5, 5.41) is 19.1. The zero-order valence-electron chi connectivity index (χ0n) is 23.1. The van der Waals surface area contributed by atoms with Gasteiger partial charge in [-0.3, -0.25) is 4.79 Å². The minimum Gasteiger partial charge on any atom is -0.460 e. The third-order valence-electron chi connectivity index (χ3n) is 5.95. The number of carbonyl (C=O) groups is 2. The van der Waals surface area contributed by atoms with Crippen LogP contribution in [0, 0.1) is 0 Å². The lowest BCUT2D eigenvalue weighted by molar-refractivity contribution is -0.143. The molecule has 0 heterocycles. The summed E-state index contributed by atoms with van der Waals surface area (Å²) in [5.74, 6) is -0.536. The van der Waals surface area contributed by atoms with Crippen molar-refractivity contribution in [2.75, 3.05) is 39.5 Å². The standard InChI is InChI=1S/C29H53NO6/c1-4-5-6-7-8-9-10-11-12-13-14-15-16-17-18-19-28(33)30(20-22-31)21-23-35-24-27(32)25-36-29(34)26(2)3/h11-12,27,31-32H,2,4-10,13-25H2,1,3H3/b12-11-. The van der Waals surface area contributed by atoms with Crippen molar-refractivity contribution >= 4 is 11.9 Å². The molecule has 1 atom stereocenters. The van der Waals surface area contributed by atoms with Crippen molar-refractivity contribution in [3.63, 3.8) is 0 Å². The first kappa shape index (κ1) is 34.3. The van der Waals surface area contributed by atoms with Crippen LogP contribution in [-0.4, -0.2) is 72.6 Å². The van der Waals surface area contributed by atoms with Gasteiger partial charge in [0.25, 0.3) is 0 Å². The van der Waals surface area contributed by atoms with E-state index in [1.54, 1.807) is 4.90 Å². The molecule has 1 unspecified atom stereocenters. The second-order valence-electron chi connectivity index (χ2n) is 9.55. The number of amides is 1. The lowest BCUT2D eigenvalue weighted by Crippen LogP contribution is -2.36. The lowest BCUT2D eigenvalue weighted by Gasteiger charge is -2.22. The van der Waals surface area contributed by atoms with Gasteiger partial charge in [-0.05, 0) is 39.0 Å². The molecule has 7 heteroatoms. The predicted molar refractivity (Wildman–Crippen MR) is 146 cm³/mol. The van der Waals surface area contributed by atoms with Crippen molar-refractivity contribution in [2.45, 2.75) is 110 Å². The van der Waals surface area contributed by atoms with Gasteiger partial charge in [0.05, 0.1) is 19.8 Å². The van der Waals surface area contributed by atoms with Crippen LogP contribution in [0.5, 0.6) is 0 Å². The second-order valence-corrected chi connectivity index (χ2v) is 9.55. The van der Waals surface area contributed by atoms with E-state index < -0.39 is 12.1 Å². The number of ether oxygens (including phenoxy) is 2. The van der Waals surface area contributed by atoms with Crippen LogP contribution >= 0.6 is 0 Å². The fourth-order valence-electron chi connectivity index (χ4n) is 3.72. The Labute approximate surface area is 219 Å². The van der Waals surface area contributed by atoms with E-state index in [0.717, 1.165) is 25.7 Å². The molecule has 7 nitrogen and oxygen atoms in total. The number of rotatable bonds is 25. The van der Waals surface area contributed by atoms with Gasteiger partial charge in [-0.2, -0.15) is 0 Å². The Morgan fingerprint density at radius 1 is 0.889 bits per heavy atom. The maximum atomic E-state index is 12.5. The van der Waals surface area contributed by atoms with Gasteiger partial charge in [0.2, 0.25) is 5.91 Å². The minimum absolute atomic E-state index is 0.00113. The van der Waals surface area contributed by atoms with E-state index in [0.29, 0.717) is 13.0 Å². The Morgan fingerprint density at radius 3 is 2.06 bits per heavy atom. The minimum atomic E-state index is -0.939. The molecule has 0 aromatic carbocycles. The van der Waals surface area contributed by atoms with Gasteiger partial charge in [-0.15, -0.1) is 0 Å². The number of esters is 1. The molecular formula is C29H53NO6. The van der Waals surface area contributed by atoms with Crippen LogP contribution in [0.25, 0.3) is 0 Å². The highest BCUT2D eigenvalue weighted by Crippen LogP contribution is 2.11. The van der Waals surface area contributed by atoms with Gasteiger partial charge in [0.1, 0.15) is 12.7 Å². The quantitative estimate of drug-likeness (QED) is 0.0743. The highest BCUT2D eigenvalue weighted by atomic mass is 16.5. The van der Waals surface area contributed by atoms with Crippen LogP contribution in [0.4, 0.5) is 0 Å². The summed E-state index contributed by atoms with van der Waals surface area (Å²) in [4.78, 5) is 25.4. The molecule has 2 N–H and O–H groups in total. The second kappa shape index (κ2) is 25.0. The summed E-state index contributed by atoms with van der Waals surface area (Å²) in [5.41, 5.74) is 0.271. The Hall–Kier alpha value is -1.70. The van der Waals surface area contributed by atoms with Crippen molar-refractivity contribution in [1.82, 2.24) is 4.90 Å². The van der Waals surface area contributed by atoms with Gasteiger partial charge < -0.3 is 24.6 Å². The first-order chi connectivity index (χ1) is 17.4. The summed E-state index contributed by atoms with van der Waals surface area (Å²) in [6.45, 7) is 7.86. The van der Waals surface area contributed by atoms with Crippen molar-refractivity contribution in [3.05, 3.63) is 24.3 Å². The van der Waals surface area contributed by atoms with E-state index >= 15 is 0 Å². The molecule has 0 fully saturated rings. The molecule has 0 aromatic heterocycles. The summed E-state index contributed by atoms with van der Waals surface area (Å²) < 4.78 is 10.3. The third kappa shape index (κ3) is 21.6. The van der Waals surface area contributed by atoms with Crippen LogP contribution in [0.2, 0.25) is 0 Å². The molecule has 0 saturated heterocycles. The number of unbranched alkanes of at least 4 members (excludes halogenated alkanes) is 11. The van der Waals surface area contributed by atoms with E-state index in [-0.39, 0.29) is 44.5 Å².